The first-order valence-corrected chi connectivity index (χ1v) is 7.92. The smallest absolute Gasteiger partial charge is 0.199 e. The van der Waals surface area contributed by atoms with Crippen molar-refractivity contribution in [1.29, 1.82) is 0 Å². The second-order valence-corrected chi connectivity index (χ2v) is 6.28. The largest absolute Gasteiger partial charge is 0.482 e. The molecule has 2 aromatic heterocycles. The van der Waals surface area contributed by atoms with E-state index in [1.807, 2.05) is 18.3 Å². The van der Waals surface area contributed by atoms with Crippen LogP contribution in [0.15, 0.2) is 24.4 Å². The van der Waals surface area contributed by atoms with E-state index in [0.717, 1.165) is 29.6 Å². The van der Waals surface area contributed by atoms with Crippen molar-refractivity contribution in [2.45, 2.75) is 39.2 Å². The van der Waals surface area contributed by atoms with Crippen molar-refractivity contribution in [2.24, 2.45) is 5.92 Å². The number of imidazole rings is 1. The summed E-state index contributed by atoms with van der Waals surface area (Å²) in [6.07, 6.45) is 5.52. The predicted octanol–water partition coefficient (Wildman–Crippen LogP) is 3.01. The molecule has 1 aliphatic heterocycles. The average molecular weight is 287 g/mol. The molecule has 1 saturated heterocycles. The van der Waals surface area contributed by atoms with Crippen LogP contribution in [0, 0.1) is 5.92 Å². The predicted molar refractivity (Wildman–Crippen MR) is 84.9 cm³/mol. The van der Waals surface area contributed by atoms with Crippen LogP contribution in [-0.4, -0.2) is 40.5 Å². The van der Waals surface area contributed by atoms with Crippen LogP contribution in [0.25, 0.3) is 5.52 Å². The Morgan fingerprint density at radius 2 is 2.05 bits per heavy atom. The van der Waals surface area contributed by atoms with Gasteiger partial charge in [-0.2, -0.15) is 0 Å². The SMILES string of the molecule is COc1cccc2cnc(CC3CCN(C(C)C)CC3)n12. The maximum Gasteiger partial charge on any atom is 0.199 e. The lowest BCUT2D eigenvalue weighted by Gasteiger charge is -2.34. The third kappa shape index (κ3) is 2.91. The zero-order valence-corrected chi connectivity index (χ0v) is 13.2. The van der Waals surface area contributed by atoms with Crippen LogP contribution >= 0.6 is 0 Å². The molecule has 0 radical (unpaired) electrons. The van der Waals surface area contributed by atoms with Crippen LogP contribution in [0.4, 0.5) is 0 Å². The first-order valence-electron chi connectivity index (χ1n) is 7.92. The lowest BCUT2D eigenvalue weighted by Crippen LogP contribution is -2.39. The minimum atomic E-state index is 0.665. The van der Waals surface area contributed by atoms with E-state index >= 15 is 0 Å². The lowest BCUT2D eigenvalue weighted by atomic mass is 9.92. The van der Waals surface area contributed by atoms with Crippen LogP contribution < -0.4 is 4.74 Å². The van der Waals surface area contributed by atoms with E-state index in [1.165, 1.54) is 25.9 Å². The Balaban J connectivity index is 1.74. The van der Waals surface area contributed by atoms with Crippen LogP contribution in [-0.2, 0) is 6.42 Å². The number of hydrogen-bond acceptors (Lipinski definition) is 3. The van der Waals surface area contributed by atoms with E-state index in [2.05, 4.69) is 34.2 Å². The molecule has 1 aliphatic rings. The second-order valence-electron chi connectivity index (χ2n) is 6.28. The Labute approximate surface area is 126 Å². The summed E-state index contributed by atoms with van der Waals surface area (Å²) in [5.41, 5.74) is 1.11. The fourth-order valence-electron chi connectivity index (χ4n) is 3.32. The van der Waals surface area contributed by atoms with Crippen molar-refractivity contribution in [3.8, 4) is 5.88 Å². The molecule has 4 nitrogen and oxygen atoms in total. The van der Waals surface area contributed by atoms with Crippen LogP contribution in [0.1, 0.15) is 32.5 Å². The Hall–Kier alpha value is -1.55. The number of pyridine rings is 1. The number of piperidine rings is 1. The summed E-state index contributed by atoms with van der Waals surface area (Å²) >= 11 is 0. The number of hydrogen-bond donors (Lipinski definition) is 0. The first-order chi connectivity index (χ1) is 10.2. The van der Waals surface area contributed by atoms with Gasteiger partial charge in [-0.3, -0.25) is 4.40 Å². The summed E-state index contributed by atoms with van der Waals surface area (Å²) in [6.45, 7) is 6.99. The van der Waals surface area contributed by atoms with E-state index in [9.17, 15) is 0 Å². The lowest BCUT2D eigenvalue weighted by molar-refractivity contribution is 0.148. The summed E-state index contributed by atoms with van der Waals surface area (Å²) in [5, 5.41) is 0. The Morgan fingerprint density at radius 3 is 2.71 bits per heavy atom. The van der Waals surface area contributed by atoms with Gasteiger partial charge in [-0.1, -0.05) is 6.07 Å². The van der Waals surface area contributed by atoms with Gasteiger partial charge in [0.05, 0.1) is 18.8 Å². The van der Waals surface area contributed by atoms with Crippen LogP contribution in [0.2, 0.25) is 0 Å². The Bertz CT molecular complexity index is 597. The van der Waals surface area contributed by atoms with Gasteiger partial charge in [0.15, 0.2) is 5.88 Å². The van der Waals surface area contributed by atoms with Crippen molar-refractivity contribution >= 4 is 5.52 Å². The van der Waals surface area contributed by atoms with Gasteiger partial charge in [0.25, 0.3) is 0 Å². The minimum Gasteiger partial charge on any atom is -0.482 e. The number of ether oxygens (including phenoxy) is 1. The fourth-order valence-corrected chi connectivity index (χ4v) is 3.32. The highest BCUT2D eigenvalue weighted by Crippen LogP contribution is 2.25. The van der Waals surface area contributed by atoms with Gasteiger partial charge in [0.1, 0.15) is 5.82 Å². The molecule has 0 spiro atoms. The van der Waals surface area contributed by atoms with Gasteiger partial charge in [-0.15, -0.1) is 0 Å². The third-order valence-corrected chi connectivity index (χ3v) is 4.65. The Morgan fingerprint density at radius 1 is 1.29 bits per heavy atom. The molecule has 114 valence electrons. The molecule has 2 aromatic rings. The molecule has 1 fully saturated rings. The topological polar surface area (TPSA) is 29.8 Å². The molecule has 0 saturated carbocycles. The highest BCUT2D eigenvalue weighted by molar-refractivity contribution is 5.49. The van der Waals surface area contributed by atoms with E-state index in [0.29, 0.717) is 6.04 Å². The molecule has 0 bridgehead atoms. The number of rotatable bonds is 4. The maximum absolute atomic E-state index is 5.48. The standard InChI is InChI=1S/C17H25N3O/c1-13(2)19-9-7-14(8-10-19)11-16-18-12-15-5-4-6-17(21-3)20(15)16/h4-6,12-14H,7-11H2,1-3H3. The van der Waals surface area contributed by atoms with Gasteiger partial charge in [0.2, 0.25) is 0 Å². The quantitative estimate of drug-likeness (QED) is 0.866. The maximum atomic E-state index is 5.48. The monoisotopic (exact) mass is 287 g/mol. The molecule has 0 atom stereocenters. The van der Waals surface area contributed by atoms with E-state index < -0.39 is 0 Å². The van der Waals surface area contributed by atoms with Crippen molar-refractivity contribution < 1.29 is 4.74 Å². The molecule has 0 aromatic carbocycles. The van der Waals surface area contributed by atoms with Crippen molar-refractivity contribution in [2.75, 3.05) is 20.2 Å². The third-order valence-electron chi connectivity index (χ3n) is 4.65. The van der Waals surface area contributed by atoms with Crippen LogP contribution in [0.5, 0.6) is 5.88 Å². The fraction of sp³-hybridized carbons (Fsp3) is 0.588. The summed E-state index contributed by atoms with van der Waals surface area (Å²) in [5.74, 6) is 2.74. The van der Waals surface area contributed by atoms with E-state index in [4.69, 9.17) is 4.74 Å². The van der Waals surface area contributed by atoms with Gasteiger partial charge in [-0.25, -0.2) is 4.98 Å². The molecule has 0 unspecified atom stereocenters. The van der Waals surface area contributed by atoms with Gasteiger partial charge in [-0.05, 0) is 57.8 Å². The molecule has 4 heteroatoms. The molecule has 0 N–H and O–H groups in total. The summed E-state index contributed by atoms with van der Waals surface area (Å²) in [7, 11) is 1.72. The molecule has 3 rings (SSSR count). The zero-order valence-electron chi connectivity index (χ0n) is 13.2. The van der Waals surface area contributed by atoms with Gasteiger partial charge in [0, 0.05) is 12.5 Å². The highest BCUT2D eigenvalue weighted by Gasteiger charge is 2.22. The van der Waals surface area contributed by atoms with Gasteiger partial charge < -0.3 is 9.64 Å². The van der Waals surface area contributed by atoms with Crippen molar-refractivity contribution in [3.63, 3.8) is 0 Å². The highest BCUT2D eigenvalue weighted by atomic mass is 16.5. The summed E-state index contributed by atoms with van der Waals surface area (Å²) < 4.78 is 7.63. The number of aromatic nitrogens is 2. The molecule has 21 heavy (non-hydrogen) atoms. The number of likely N-dealkylation sites (tertiary alicyclic amines) is 1. The molecular weight excluding hydrogens is 262 g/mol. The van der Waals surface area contributed by atoms with Crippen molar-refractivity contribution in [1.82, 2.24) is 14.3 Å². The normalized spacial score (nSPS) is 17.7. The molecule has 0 amide bonds. The minimum absolute atomic E-state index is 0.665. The number of nitrogens with zero attached hydrogens (tertiary/aromatic N) is 3. The van der Waals surface area contributed by atoms with E-state index in [1.54, 1.807) is 7.11 Å². The van der Waals surface area contributed by atoms with Crippen molar-refractivity contribution in [3.05, 3.63) is 30.2 Å². The molecule has 3 heterocycles. The number of fused-ring (bicyclic) bond motifs is 1. The van der Waals surface area contributed by atoms with Gasteiger partial charge >= 0.3 is 0 Å². The molecule has 0 aliphatic carbocycles. The summed E-state index contributed by atoms with van der Waals surface area (Å²) in [4.78, 5) is 7.19. The first kappa shape index (κ1) is 14.4. The second kappa shape index (κ2) is 6.06. The molecular formula is C17H25N3O. The van der Waals surface area contributed by atoms with Crippen LogP contribution in [0.3, 0.4) is 0 Å². The Kier molecular flexibility index (Phi) is 4.15. The summed E-state index contributed by atoms with van der Waals surface area (Å²) in [6, 6.07) is 6.76. The number of methoxy groups -OCH3 is 1. The zero-order chi connectivity index (χ0) is 14.8. The average Bonchev–Trinajstić information content (AvgIpc) is 2.91. The van der Waals surface area contributed by atoms with E-state index in [-0.39, 0.29) is 0 Å².